The summed E-state index contributed by atoms with van der Waals surface area (Å²) in [6.07, 6.45) is 0. The number of nitriles is 1. The number of hydrogen-bond acceptors (Lipinski definition) is 4. The molecule has 3 aromatic rings. The third-order valence-electron chi connectivity index (χ3n) is 3.43. The van der Waals surface area contributed by atoms with Crippen molar-refractivity contribution in [1.82, 2.24) is 9.55 Å². The van der Waals surface area contributed by atoms with E-state index in [2.05, 4.69) is 37.0 Å². The van der Waals surface area contributed by atoms with Crippen molar-refractivity contribution >= 4 is 28.3 Å². The molecule has 0 amide bonds. The molecular weight excluding hydrogens is 268 g/mol. The lowest BCUT2D eigenvalue weighted by Gasteiger charge is -2.14. The van der Waals surface area contributed by atoms with Crippen LogP contribution in [0.15, 0.2) is 30.3 Å². The van der Waals surface area contributed by atoms with Crippen LogP contribution in [0.5, 0.6) is 0 Å². The molecule has 2 heterocycles. The van der Waals surface area contributed by atoms with Gasteiger partial charge in [0.05, 0.1) is 17.1 Å². The lowest BCUT2D eigenvalue weighted by molar-refractivity contribution is 0.680. The van der Waals surface area contributed by atoms with Crippen molar-refractivity contribution in [2.75, 3.05) is 5.73 Å². The molecule has 0 aliphatic carbocycles. The van der Waals surface area contributed by atoms with Gasteiger partial charge in [0.25, 0.3) is 0 Å². The van der Waals surface area contributed by atoms with Gasteiger partial charge >= 0.3 is 0 Å². The van der Waals surface area contributed by atoms with Crippen LogP contribution in [0.4, 0.5) is 5.95 Å². The summed E-state index contributed by atoms with van der Waals surface area (Å²) >= 11 is 1.75. The first-order valence-electron chi connectivity index (χ1n) is 6.34. The van der Waals surface area contributed by atoms with Gasteiger partial charge in [-0.3, -0.25) is 0 Å². The van der Waals surface area contributed by atoms with Crippen molar-refractivity contribution in [3.05, 3.63) is 45.6 Å². The predicted octanol–water partition coefficient (Wildman–Crippen LogP) is 3.47. The molecule has 0 aliphatic heterocycles. The van der Waals surface area contributed by atoms with E-state index < -0.39 is 0 Å². The fourth-order valence-electron chi connectivity index (χ4n) is 2.44. The monoisotopic (exact) mass is 282 g/mol. The first-order valence-corrected chi connectivity index (χ1v) is 7.16. The van der Waals surface area contributed by atoms with Crippen molar-refractivity contribution in [2.45, 2.75) is 19.9 Å². The predicted molar refractivity (Wildman–Crippen MR) is 81.7 cm³/mol. The number of nitrogens with two attached hydrogens (primary N) is 1. The van der Waals surface area contributed by atoms with E-state index in [1.54, 1.807) is 17.4 Å². The Morgan fingerprint density at radius 2 is 2.15 bits per heavy atom. The van der Waals surface area contributed by atoms with Crippen molar-refractivity contribution in [2.24, 2.45) is 0 Å². The number of aryl methyl sites for hydroxylation is 1. The molecule has 3 rings (SSSR count). The lowest BCUT2D eigenvalue weighted by Crippen LogP contribution is -2.08. The molecule has 20 heavy (non-hydrogen) atoms. The largest absolute Gasteiger partial charge is 0.369 e. The molecule has 100 valence electrons. The Kier molecular flexibility index (Phi) is 2.96. The summed E-state index contributed by atoms with van der Waals surface area (Å²) in [4.78, 5) is 6.86. The number of para-hydroxylation sites is 1. The maximum atomic E-state index is 9.16. The number of nitrogens with zero attached hydrogens (tertiary/aromatic N) is 3. The van der Waals surface area contributed by atoms with Gasteiger partial charge in [0.15, 0.2) is 0 Å². The minimum absolute atomic E-state index is 0.104. The minimum atomic E-state index is 0.104. The van der Waals surface area contributed by atoms with Crippen LogP contribution < -0.4 is 5.73 Å². The molecule has 1 unspecified atom stereocenters. The molecule has 0 spiro atoms. The zero-order valence-corrected chi connectivity index (χ0v) is 12.1. The van der Waals surface area contributed by atoms with Gasteiger partial charge in [0.2, 0.25) is 5.95 Å². The number of thiophene rings is 1. The van der Waals surface area contributed by atoms with Crippen LogP contribution in [0.1, 0.15) is 28.3 Å². The second-order valence-electron chi connectivity index (χ2n) is 4.75. The average Bonchev–Trinajstić information content (AvgIpc) is 3.00. The van der Waals surface area contributed by atoms with E-state index >= 15 is 0 Å². The summed E-state index contributed by atoms with van der Waals surface area (Å²) < 4.78 is 1.99. The Balaban J connectivity index is 2.21. The Morgan fingerprint density at radius 1 is 1.35 bits per heavy atom. The van der Waals surface area contributed by atoms with Crippen molar-refractivity contribution in [3.8, 4) is 6.07 Å². The molecule has 0 saturated heterocycles. The standard InChI is InChI=1S/C15H14N4S/c1-9-6-7-13(20-9)10(2)19-12-5-3-4-11(8-16)14(12)18-15(19)17/h3-7,10H,1-2H3,(H2,17,18). The smallest absolute Gasteiger partial charge is 0.201 e. The van der Waals surface area contributed by atoms with Crippen LogP contribution in [-0.2, 0) is 0 Å². The Hall–Kier alpha value is -2.32. The van der Waals surface area contributed by atoms with Crippen LogP contribution in [0, 0.1) is 18.3 Å². The summed E-state index contributed by atoms with van der Waals surface area (Å²) in [5, 5.41) is 9.16. The van der Waals surface area contributed by atoms with E-state index in [9.17, 15) is 0 Å². The normalized spacial score (nSPS) is 12.4. The molecule has 1 atom stereocenters. The second-order valence-corrected chi connectivity index (χ2v) is 6.07. The SMILES string of the molecule is Cc1ccc(C(C)n2c(N)nc3c(C#N)cccc32)s1. The maximum absolute atomic E-state index is 9.16. The maximum Gasteiger partial charge on any atom is 0.201 e. The summed E-state index contributed by atoms with van der Waals surface area (Å²) in [6, 6.07) is 12.1. The molecule has 5 heteroatoms. The van der Waals surface area contributed by atoms with E-state index in [-0.39, 0.29) is 6.04 Å². The van der Waals surface area contributed by atoms with E-state index in [0.29, 0.717) is 17.0 Å². The van der Waals surface area contributed by atoms with E-state index in [1.807, 2.05) is 16.7 Å². The highest BCUT2D eigenvalue weighted by Crippen LogP contribution is 2.31. The van der Waals surface area contributed by atoms with Gasteiger partial charge in [-0.05, 0) is 38.1 Å². The van der Waals surface area contributed by atoms with Crippen molar-refractivity contribution in [3.63, 3.8) is 0 Å². The zero-order valence-electron chi connectivity index (χ0n) is 11.3. The molecule has 1 aromatic carbocycles. The van der Waals surface area contributed by atoms with Gasteiger partial charge < -0.3 is 10.3 Å². The highest BCUT2D eigenvalue weighted by molar-refractivity contribution is 7.12. The number of hydrogen-bond donors (Lipinski definition) is 1. The molecule has 4 nitrogen and oxygen atoms in total. The average molecular weight is 282 g/mol. The van der Waals surface area contributed by atoms with Crippen LogP contribution in [0.25, 0.3) is 11.0 Å². The lowest BCUT2D eigenvalue weighted by atomic mass is 10.2. The molecular formula is C15H14N4S. The minimum Gasteiger partial charge on any atom is -0.369 e. The van der Waals surface area contributed by atoms with Crippen LogP contribution >= 0.6 is 11.3 Å². The molecule has 0 aliphatic rings. The molecule has 0 saturated carbocycles. The zero-order chi connectivity index (χ0) is 14.3. The fourth-order valence-corrected chi connectivity index (χ4v) is 3.36. The molecule has 0 radical (unpaired) electrons. The van der Waals surface area contributed by atoms with Crippen LogP contribution in [-0.4, -0.2) is 9.55 Å². The molecule has 0 bridgehead atoms. The third-order valence-corrected chi connectivity index (χ3v) is 4.60. The van der Waals surface area contributed by atoms with Crippen molar-refractivity contribution in [1.29, 1.82) is 5.26 Å². The summed E-state index contributed by atoms with van der Waals surface area (Å²) in [6.45, 7) is 4.19. The van der Waals surface area contributed by atoms with Crippen LogP contribution in [0.2, 0.25) is 0 Å². The summed E-state index contributed by atoms with van der Waals surface area (Å²) in [7, 11) is 0. The number of aromatic nitrogens is 2. The third kappa shape index (κ3) is 1.86. The highest BCUT2D eigenvalue weighted by Gasteiger charge is 2.18. The van der Waals surface area contributed by atoms with Crippen LogP contribution in [0.3, 0.4) is 0 Å². The summed E-state index contributed by atoms with van der Waals surface area (Å²) in [5.74, 6) is 0.446. The molecule has 2 aromatic heterocycles. The number of imidazole rings is 1. The van der Waals surface area contributed by atoms with Crippen molar-refractivity contribution < 1.29 is 0 Å². The van der Waals surface area contributed by atoms with Gasteiger partial charge in [-0.1, -0.05) is 6.07 Å². The van der Waals surface area contributed by atoms with E-state index in [1.165, 1.54) is 9.75 Å². The quantitative estimate of drug-likeness (QED) is 0.782. The Morgan fingerprint density at radius 3 is 2.80 bits per heavy atom. The Labute approximate surface area is 121 Å². The number of anilines is 1. The van der Waals surface area contributed by atoms with Gasteiger partial charge in [0.1, 0.15) is 11.6 Å². The number of nitrogen functional groups attached to an aromatic ring is 1. The first-order chi connectivity index (χ1) is 9.61. The van der Waals surface area contributed by atoms with Gasteiger partial charge in [-0.2, -0.15) is 5.26 Å². The number of rotatable bonds is 2. The second kappa shape index (κ2) is 4.66. The molecule has 2 N–H and O–H groups in total. The number of fused-ring (bicyclic) bond motifs is 1. The summed E-state index contributed by atoms with van der Waals surface area (Å²) in [5.41, 5.74) is 8.20. The Bertz CT molecular complexity index is 822. The molecule has 0 fully saturated rings. The highest BCUT2D eigenvalue weighted by atomic mass is 32.1. The topological polar surface area (TPSA) is 67.6 Å². The van der Waals surface area contributed by atoms with E-state index in [0.717, 1.165) is 5.52 Å². The van der Waals surface area contributed by atoms with Gasteiger partial charge in [0, 0.05) is 9.75 Å². The fraction of sp³-hybridized carbons (Fsp3) is 0.200. The van der Waals surface area contributed by atoms with E-state index in [4.69, 9.17) is 11.0 Å². The van der Waals surface area contributed by atoms with Gasteiger partial charge in [-0.25, -0.2) is 4.98 Å². The first kappa shape index (κ1) is 12.7. The number of benzene rings is 1. The van der Waals surface area contributed by atoms with Gasteiger partial charge in [-0.15, -0.1) is 11.3 Å².